The zero-order valence-electron chi connectivity index (χ0n) is 12.3. The molecule has 0 bridgehead atoms. The van der Waals surface area contributed by atoms with E-state index in [9.17, 15) is 5.26 Å². The van der Waals surface area contributed by atoms with Crippen molar-refractivity contribution in [1.29, 1.82) is 5.26 Å². The Morgan fingerprint density at radius 3 is 2.60 bits per heavy atom. The summed E-state index contributed by atoms with van der Waals surface area (Å²) in [6.07, 6.45) is 4.28. The summed E-state index contributed by atoms with van der Waals surface area (Å²) in [6.45, 7) is 7.96. The average molecular weight is 269 g/mol. The number of rotatable bonds is 5. The van der Waals surface area contributed by atoms with Gasteiger partial charge in [-0.05, 0) is 49.7 Å². The number of nitriles is 1. The van der Waals surface area contributed by atoms with Crippen LogP contribution >= 0.6 is 0 Å². The lowest BCUT2D eigenvalue weighted by Gasteiger charge is -2.23. The first-order valence-electron chi connectivity index (χ1n) is 7.44. The normalized spacial score (nSPS) is 17.4. The first-order chi connectivity index (χ1) is 9.70. The van der Waals surface area contributed by atoms with Gasteiger partial charge in [0.15, 0.2) is 0 Å². The molecule has 0 amide bonds. The fraction of sp³-hybridized carbons (Fsp3) is 0.500. The van der Waals surface area contributed by atoms with Gasteiger partial charge in [0.1, 0.15) is 0 Å². The van der Waals surface area contributed by atoms with Crippen molar-refractivity contribution in [2.24, 2.45) is 11.8 Å². The second-order valence-corrected chi connectivity index (χ2v) is 5.71. The number of nitrogens with zero attached hydrogens (tertiary/aromatic N) is 1. The molecule has 0 spiro atoms. The van der Waals surface area contributed by atoms with E-state index in [1.807, 2.05) is 0 Å². The lowest BCUT2D eigenvalue weighted by atomic mass is 9.86. The number of aryl methyl sites for hydroxylation is 1. The zero-order chi connectivity index (χ0) is 14.4. The van der Waals surface area contributed by atoms with Crippen LogP contribution in [-0.4, -0.2) is 13.2 Å². The van der Waals surface area contributed by atoms with Crippen molar-refractivity contribution in [3.63, 3.8) is 0 Å². The minimum absolute atomic E-state index is 0.0689. The van der Waals surface area contributed by atoms with Gasteiger partial charge in [-0.15, -0.1) is 0 Å². The van der Waals surface area contributed by atoms with Crippen LogP contribution in [0.1, 0.15) is 36.8 Å². The van der Waals surface area contributed by atoms with Crippen LogP contribution in [0.25, 0.3) is 5.57 Å². The molecule has 106 valence electrons. The van der Waals surface area contributed by atoms with E-state index in [-0.39, 0.29) is 5.92 Å². The van der Waals surface area contributed by atoms with Crippen LogP contribution in [0.3, 0.4) is 0 Å². The highest BCUT2D eigenvalue weighted by Crippen LogP contribution is 2.29. The van der Waals surface area contributed by atoms with Crippen molar-refractivity contribution in [1.82, 2.24) is 0 Å². The van der Waals surface area contributed by atoms with Crippen LogP contribution in [0.15, 0.2) is 30.8 Å². The quantitative estimate of drug-likeness (QED) is 0.796. The lowest BCUT2D eigenvalue weighted by Crippen LogP contribution is -2.16. The number of hydrogen-bond donors (Lipinski definition) is 0. The van der Waals surface area contributed by atoms with Crippen LogP contribution in [0.5, 0.6) is 0 Å². The van der Waals surface area contributed by atoms with Gasteiger partial charge >= 0.3 is 0 Å². The molecule has 1 unspecified atom stereocenters. The summed E-state index contributed by atoms with van der Waals surface area (Å²) in [7, 11) is 0. The molecule has 1 aliphatic rings. The average Bonchev–Trinajstić information content (AvgIpc) is 2.49. The van der Waals surface area contributed by atoms with Crippen LogP contribution in [-0.2, 0) is 4.74 Å². The van der Waals surface area contributed by atoms with Gasteiger partial charge in [0.25, 0.3) is 0 Å². The minimum Gasteiger partial charge on any atom is -0.381 e. The van der Waals surface area contributed by atoms with E-state index < -0.39 is 0 Å². The van der Waals surface area contributed by atoms with E-state index in [2.05, 4.69) is 43.8 Å². The van der Waals surface area contributed by atoms with Gasteiger partial charge in [-0.3, -0.25) is 0 Å². The molecule has 1 aromatic rings. The highest BCUT2D eigenvalue weighted by Gasteiger charge is 2.18. The Bertz CT molecular complexity index is 477. The predicted octanol–water partition coefficient (Wildman–Crippen LogP) is 4.35. The number of hydrogen-bond acceptors (Lipinski definition) is 2. The summed E-state index contributed by atoms with van der Waals surface area (Å²) < 4.78 is 5.38. The van der Waals surface area contributed by atoms with Crippen molar-refractivity contribution in [3.8, 4) is 6.07 Å². The van der Waals surface area contributed by atoms with Gasteiger partial charge in [-0.25, -0.2) is 0 Å². The summed E-state index contributed by atoms with van der Waals surface area (Å²) in [5.41, 5.74) is 3.28. The van der Waals surface area contributed by atoms with Crippen LogP contribution in [0.2, 0.25) is 0 Å². The lowest BCUT2D eigenvalue weighted by molar-refractivity contribution is 0.0629. The standard InChI is InChI=1S/C18H23NO/c1-14-3-6-17(7-4-14)15(2)18(13-19)8-5-16-9-11-20-12-10-16/h3-4,6-7,16,18H,2,5,8-12H2,1H3. The van der Waals surface area contributed by atoms with Gasteiger partial charge in [0, 0.05) is 13.2 Å². The molecule has 0 radical (unpaired) electrons. The van der Waals surface area contributed by atoms with Crippen molar-refractivity contribution >= 4 is 5.57 Å². The Morgan fingerprint density at radius 1 is 1.35 bits per heavy atom. The van der Waals surface area contributed by atoms with Crippen molar-refractivity contribution in [3.05, 3.63) is 42.0 Å². The maximum absolute atomic E-state index is 9.41. The molecule has 1 atom stereocenters. The monoisotopic (exact) mass is 269 g/mol. The van der Waals surface area contributed by atoms with Crippen LogP contribution in [0.4, 0.5) is 0 Å². The smallest absolute Gasteiger partial charge is 0.0712 e. The number of allylic oxidation sites excluding steroid dienone is 1. The molecule has 1 heterocycles. The van der Waals surface area contributed by atoms with E-state index in [1.54, 1.807) is 0 Å². The van der Waals surface area contributed by atoms with E-state index in [0.717, 1.165) is 50.0 Å². The Morgan fingerprint density at radius 2 is 2.00 bits per heavy atom. The number of ether oxygens (including phenoxy) is 1. The topological polar surface area (TPSA) is 33.0 Å². The predicted molar refractivity (Wildman–Crippen MR) is 82.1 cm³/mol. The van der Waals surface area contributed by atoms with Gasteiger partial charge in [0.2, 0.25) is 0 Å². The van der Waals surface area contributed by atoms with Crippen molar-refractivity contribution in [2.45, 2.75) is 32.6 Å². The Labute approximate surface area is 122 Å². The molecule has 1 aliphatic heterocycles. The third kappa shape index (κ3) is 3.95. The SMILES string of the molecule is C=C(c1ccc(C)cc1)C(C#N)CCC1CCOCC1. The van der Waals surface area contributed by atoms with Crippen LogP contribution in [0, 0.1) is 30.1 Å². The molecular weight excluding hydrogens is 246 g/mol. The van der Waals surface area contributed by atoms with Gasteiger partial charge < -0.3 is 4.74 Å². The molecule has 1 aromatic carbocycles. The Balaban J connectivity index is 1.92. The highest BCUT2D eigenvalue weighted by molar-refractivity contribution is 5.67. The fourth-order valence-corrected chi connectivity index (χ4v) is 2.72. The molecule has 0 aliphatic carbocycles. The molecule has 2 rings (SSSR count). The summed E-state index contributed by atoms with van der Waals surface area (Å²) in [5, 5.41) is 9.41. The largest absolute Gasteiger partial charge is 0.381 e. The molecule has 2 nitrogen and oxygen atoms in total. The second kappa shape index (κ2) is 7.26. The molecule has 0 N–H and O–H groups in total. The maximum atomic E-state index is 9.41. The van der Waals surface area contributed by atoms with Gasteiger partial charge in [0.05, 0.1) is 12.0 Å². The van der Waals surface area contributed by atoms with E-state index in [0.29, 0.717) is 5.92 Å². The first-order valence-corrected chi connectivity index (χ1v) is 7.44. The maximum Gasteiger partial charge on any atom is 0.0712 e. The molecular formula is C18H23NO. The highest BCUT2D eigenvalue weighted by atomic mass is 16.5. The molecule has 1 saturated heterocycles. The second-order valence-electron chi connectivity index (χ2n) is 5.71. The first kappa shape index (κ1) is 14.8. The van der Waals surface area contributed by atoms with Crippen molar-refractivity contribution < 1.29 is 4.74 Å². The molecule has 1 fully saturated rings. The van der Waals surface area contributed by atoms with Crippen LogP contribution < -0.4 is 0 Å². The zero-order valence-corrected chi connectivity index (χ0v) is 12.3. The molecule has 2 heteroatoms. The third-order valence-corrected chi connectivity index (χ3v) is 4.20. The van der Waals surface area contributed by atoms with E-state index in [1.165, 1.54) is 5.56 Å². The van der Waals surface area contributed by atoms with E-state index in [4.69, 9.17) is 4.74 Å². The third-order valence-electron chi connectivity index (χ3n) is 4.20. The van der Waals surface area contributed by atoms with Gasteiger partial charge in [-0.2, -0.15) is 5.26 Å². The van der Waals surface area contributed by atoms with Crippen molar-refractivity contribution in [2.75, 3.05) is 13.2 Å². The van der Waals surface area contributed by atoms with Gasteiger partial charge in [-0.1, -0.05) is 36.4 Å². The summed E-state index contributed by atoms with van der Waals surface area (Å²) in [6, 6.07) is 10.7. The molecule has 0 saturated carbocycles. The number of benzene rings is 1. The summed E-state index contributed by atoms with van der Waals surface area (Å²) >= 11 is 0. The minimum atomic E-state index is -0.0689. The Kier molecular flexibility index (Phi) is 5.38. The summed E-state index contributed by atoms with van der Waals surface area (Å²) in [5.74, 6) is 0.644. The Hall–Kier alpha value is -1.59. The molecule has 0 aromatic heterocycles. The molecule has 20 heavy (non-hydrogen) atoms. The van der Waals surface area contributed by atoms with E-state index >= 15 is 0 Å². The summed E-state index contributed by atoms with van der Waals surface area (Å²) in [4.78, 5) is 0. The fourth-order valence-electron chi connectivity index (χ4n) is 2.72.